The molecule has 0 saturated carbocycles. The first-order valence-electron chi connectivity index (χ1n) is 10.2. The third kappa shape index (κ3) is 3.71. The van der Waals surface area contributed by atoms with Gasteiger partial charge in [0.2, 0.25) is 11.8 Å². The van der Waals surface area contributed by atoms with E-state index in [0.717, 1.165) is 5.75 Å². The Morgan fingerprint density at radius 1 is 0.862 bits per heavy atom. The number of rotatable bonds is 3. The van der Waals surface area contributed by atoms with Crippen LogP contribution in [0.15, 0.2) is 60.2 Å². The van der Waals surface area contributed by atoms with Gasteiger partial charge in [-0.3, -0.25) is 14.5 Å². The molecule has 1 saturated heterocycles. The van der Waals surface area contributed by atoms with Gasteiger partial charge in [-0.2, -0.15) is 0 Å². The minimum Gasteiger partial charge on any atom is -0.457 e. The van der Waals surface area contributed by atoms with Crippen molar-refractivity contribution in [1.29, 1.82) is 0 Å². The number of allylic oxidation sites excluding steroid dienone is 2. The van der Waals surface area contributed by atoms with Crippen LogP contribution < -0.4 is 9.64 Å². The normalized spacial score (nSPS) is 21.8. The lowest BCUT2D eigenvalue weighted by molar-refractivity contribution is -0.122. The molecule has 2 aromatic carbocycles. The van der Waals surface area contributed by atoms with Crippen LogP contribution in [0.3, 0.4) is 0 Å². The van der Waals surface area contributed by atoms with E-state index in [-0.39, 0.29) is 29.1 Å². The minimum atomic E-state index is -0.219. The predicted octanol–water partition coefficient (Wildman–Crippen LogP) is 5.62. The average Bonchev–Trinajstić information content (AvgIpc) is 2.92. The molecule has 4 rings (SSSR count). The van der Waals surface area contributed by atoms with Crippen molar-refractivity contribution < 1.29 is 14.3 Å². The Kier molecular flexibility index (Phi) is 4.81. The number of carbonyl (C=O) groups excluding carboxylic acids is 2. The molecule has 4 nitrogen and oxygen atoms in total. The molecule has 2 aliphatic rings. The first-order chi connectivity index (χ1) is 13.7. The van der Waals surface area contributed by atoms with Crippen LogP contribution in [-0.2, 0) is 15.0 Å². The number of anilines is 1. The monoisotopic (exact) mass is 389 g/mol. The minimum absolute atomic E-state index is 0.0844. The summed E-state index contributed by atoms with van der Waals surface area (Å²) in [6.45, 7) is 8.55. The summed E-state index contributed by atoms with van der Waals surface area (Å²) in [6.07, 6.45) is 3.42. The molecule has 0 N–H and O–H groups in total. The molecule has 2 amide bonds. The van der Waals surface area contributed by atoms with Crippen molar-refractivity contribution in [1.82, 2.24) is 0 Å². The summed E-state index contributed by atoms with van der Waals surface area (Å²) < 4.78 is 5.93. The fourth-order valence-electron chi connectivity index (χ4n) is 4.11. The number of imide groups is 1. The molecule has 2 atom stereocenters. The van der Waals surface area contributed by atoms with Crippen LogP contribution in [0.25, 0.3) is 0 Å². The Bertz CT molecular complexity index is 965. The van der Waals surface area contributed by atoms with Gasteiger partial charge in [-0.05, 0) is 67.1 Å². The highest BCUT2D eigenvalue weighted by molar-refractivity contribution is 6.22. The van der Waals surface area contributed by atoms with Gasteiger partial charge in [0.25, 0.3) is 0 Å². The maximum absolute atomic E-state index is 12.8. The van der Waals surface area contributed by atoms with E-state index in [4.69, 9.17) is 4.74 Å². The van der Waals surface area contributed by atoms with E-state index >= 15 is 0 Å². The van der Waals surface area contributed by atoms with Gasteiger partial charge in [0.05, 0.1) is 17.5 Å². The largest absolute Gasteiger partial charge is 0.457 e. The molecular formula is C25H27NO3. The van der Waals surface area contributed by atoms with Crippen molar-refractivity contribution >= 4 is 17.5 Å². The molecule has 0 bridgehead atoms. The SMILES string of the molecule is CC1=CC[C@@H]2C(=O)N(c3ccc(Oc4ccc(C(C)(C)C)cc4)cc3)C(=O)[C@@H]2C1. The van der Waals surface area contributed by atoms with Crippen molar-refractivity contribution in [2.75, 3.05) is 4.90 Å². The Morgan fingerprint density at radius 2 is 1.41 bits per heavy atom. The average molecular weight is 389 g/mol. The lowest BCUT2D eigenvalue weighted by Crippen LogP contribution is -2.30. The topological polar surface area (TPSA) is 46.6 Å². The van der Waals surface area contributed by atoms with Gasteiger partial charge >= 0.3 is 0 Å². The van der Waals surface area contributed by atoms with Crippen LogP contribution in [0.5, 0.6) is 11.5 Å². The predicted molar refractivity (Wildman–Crippen MR) is 114 cm³/mol. The van der Waals surface area contributed by atoms with E-state index in [1.54, 1.807) is 24.3 Å². The highest BCUT2D eigenvalue weighted by Gasteiger charge is 2.48. The summed E-state index contributed by atoms with van der Waals surface area (Å²) in [5, 5.41) is 0. The summed E-state index contributed by atoms with van der Waals surface area (Å²) in [5.41, 5.74) is 3.15. The van der Waals surface area contributed by atoms with Crippen LogP contribution in [0.4, 0.5) is 5.69 Å². The van der Waals surface area contributed by atoms with Crippen LogP contribution in [-0.4, -0.2) is 11.8 Å². The fourth-order valence-corrected chi connectivity index (χ4v) is 4.11. The number of carbonyl (C=O) groups is 2. The zero-order chi connectivity index (χ0) is 20.8. The zero-order valence-corrected chi connectivity index (χ0v) is 17.4. The van der Waals surface area contributed by atoms with Gasteiger partial charge in [0.1, 0.15) is 11.5 Å². The maximum Gasteiger partial charge on any atom is 0.238 e. The van der Waals surface area contributed by atoms with E-state index in [1.165, 1.54) is 16.0 Å². The van der Waals surface area contributed by atoms with Crippen molar-refractivity contribution in [2.24, 2.45) is 11.8 Å². The second-order valence-corrected chi connectivity index (χ2v) is 9.09. The number of hydrogen-bond acceptors (Lipinski definition) is 3. The first kappa shape index (κ1) is 19.4. The Hall–Kier alpha value is -2.88. The van der Waals surface area contributed by atoms with Gasteiger partial charge < -0.3 is 4.74 Å². The van der Waals surface area contributed by atoms with Gasteiger partial charge in [0, 0.05) is 0 Å². The Balaban J connectivity index is 1.48. The van der Waals surface area contributed by atoms with Gasteiger partial charge in [-0.15, -0.1) is 0 Å². The number of hydrogen-bond donors (Lipinski definition) is 0. The number of amides is 2. The van der Waals surface area contributed by atoms with Gasteiger partial charge in [-0.25, -0.2) is 0 Å². The molecule has 150 valence electrons. The second-order valence-electron chi connectivity index (χ2n) is 9.09. The van der Waals surface area contributed by atoms with E-state index < -0.39 is 0 Å². The standard InChI is InChI=1S/C25H27NO3/c1-16-5-14-21-22(15-16)24(28)26(23(21)27)18-8-12-20(13-9-18)29-19-10-6-17(7-11-19)25(2,3)4/h5-13,21-22H,14-15H2,1-4H3/t21-,22+/m0/s1. The van der Waals surface area contributed by atoms with Crippen molar-refractivity contribution in [2.45, 2.75) is 46.0 Å². The van der Waals surface area contributed by atoms with Crippen LogP contribution in [0, 0.1) is 11.8 Å². The van der Waals surface area contributed by atoms with E-state index in [0.29, 0.717) is 24.3 Å². The maximum atomic E-state index is 12.8. The number of fused-ring (bicyclic) bond motifs is 1. The second kappa shape index (κ2) is 7.18. The summed E-state index contributed by atoms with van der Waals surface area (Å²) in [6, 6.07) is 15.2. The molecule has 2 aromatic rings. The van der Waals surface area contributed by atoms with Crippen LogP contribution >= 0.6 is 0 Å². The summed E-state index contributed by atoms with van der Waals surface area (Å²) in [5.74, 6) is 0.820. The molecule has 1 aliphatic carbocycles. The zero-order valence-electron chi connectivity index (χ0n) is 17.4. The van der Waals surface area contributed by atoms with Gasteiger partial charge in [0.15, 0.2) is 0 Å². The lowest BCUT2D eigenvalue weighted by Gasteiger charge is -2.19. The quantitative estimate of drug-likeness (QED) is 0.505. The molecule has 29 heavy (non-hydrogen) atoms. The number of ether oxygens (including phenoxy) is 1. The van der Waals surface area contributed by atoms with E-state index in [2.05, 4.69) is 39.0 Å². The smallest absolute Gasteiger partial charge is 0.238 e. The summed E-state index contributed by atoms with van der Waals surface area (Å²) in [4.78, 5) is 27.0. The number of nitrogens with zero attached hydrogens (tertiary/aromatic N) is 1. The number of benzene rings is 2. The lowest BCUT2D eigenvalue weighted by atomic mass is 9.82. The molecule has 1 aliphatic heterocycles. The molecular weight excluding hydrogens is 362 g/mol. The molecule has 0 aromatic heterocycles. The molecule has 1 heterocycles. The molecule has 4 heteroatoms. The van der Waals surface area contributed by atoms with Crippen molar-refractivity contribution in [3.05, 3.63) is 65.7 Å². The Labute approximate surface area is 172 Å². The third-order valence-electron chi connectivity index (χ3n) is 5.87. The Morgan fingerprint density at radius 3 is 2.00 bits per heavy atom. The van der Waals surface area contributed by atoms with E-state index in [9.17, 15) is 9.59 Å². The summed E-state index contributed by atoms with van der Waals surface area (Å²) in [7, 11) is 0. The first-order valence-corrected chi connectivity index (χ1v) is 10.2. The third-order valence-corrected chi connectivity index (χ3v) is 5.87. The van der Waals surface area contributed by atoms with E-state index in [1.807, 2.05) is 19.1 Å². The highest BCUT2D eigenvalue weighted by Crippen LogP contribution is 2.40. The highest BCUT2D eigenvalue weighted by atomic mass is 16.5. The molecule has 1 fully saturated rings. The van der Waals surface area contributed by atoms with Crippen molar-refractivity contribution in [3.63, 3.8) is 0 Å². The molecule has 0 unspecified atom stereocenters. The molecule has 0 spiro atoms. The van der Waals surface area contributed by atoms with Crippen molar-refractivity contribution in [3.8, 4) is 11.5 Å². The van der Waals surface area contributed by atoms with Crippen LogP contribution in [0.1, 0.15) is 46.1 Å². The van der Waals surface area contributed by atoms with Crippen LogP contribution in [0.2, 0.25) is 0 Å². The molecule has 0 radical (unpaired) electrons. The van der Waals surface area contributed by atoms with Gasteiger partial charge in [-0.1, -0.05) is 44.6 Å². The fraction of sp³-hybridized carbons (Fsp3) is 0.360. The summed E-state index contributed by atoms with van der Waals surface area (Å²) >= 11 is 0.